The summed E-state index contributed by atoms with van der Waals surface area (Å²) in [6.45, 7) is 0. The van der Waals surface area contributed by atoms with Crippen molar-refractivity contribution in [3.63, 3.8) is 0 Å². The van der Waals surface area contributed by atoms with Crippen LogP contribution in [0.3, 0.4) is 0 Å². The molecule has 0 aliphatic rings. The van der Waals surface area contributed by atoms with Gasteiger partial charge in [0.25, 0.3) is 0 Å². The van der Waals surface area contributed by atoms with E-state index in [1.165, 1.54) is 38.2 Å². The quantitative estimate of drug-likeness (QED) is 0.169. The van der Waals surface area contributed by atoms with E-state index < -0.39 is 0 Å². The van der Waals surface area contributed by atoms with Crippen LogP contribution in [0.15, 0.2) is 211 Å². The molecule has 280 valence electrons. The van der Waals surface area contributed by atoms with Crippen molar-refractivity contribution in [2.75, 3.05) is 0 Å². The van der Waals surface area contributed by atoms with Crippen molar-refractivity contribution in [2.45, 2.75) is 0 Å². The highest BCUT2D eigenvalue weighted by molar-refractivity contribution is 6.12. The second-order valence-electron chi connectivity index (χ2n) is 15.2. The fraction of sp³-hybridized carbons (Fsp3) is 0. The van der Waals surface area contributed by atoms with E-state index in [1.807, 2.05) is 30.3 Å². The van der Waals surface area contributed by atoms with Gasteiger partial charge in [-0.1, -0.05) is 170 Å². The number of furan rings is 1. The average Bonchev–Trinajstić information content (AvgIpc) is 3.88. The number of fused-ring (bicyclic) bond motifs is 7. The lowest BCUT2D eigenvalue weighted by Crippen LogP contribution is -2.01. The van der Waals surface area contributed by atoms with E-state index in [4.69, 9.17) is 19.4 Å². The Hall–Kier alpha value is -8.15. The predicted octanol–water partition coefficient (Wildman–Crippen LogP) is 14.4. The topological polar surface area (TPSA) is 56.7 Å². The van der Waals surface area contributed by atoms with Crippen molar-refractivity contribution >= 4 is 54.5 Å². The summed E-state index contributed by atoms with van der Waals surface area (Å²) in [6, 6.07) is 72.2. The molecule has 0 saturated heterocycles. The first kappa shape index (κ1) is 33.9. The molecular formula is C55H34N4O. The zero-order valence-electron chi connectivity index (χ0n) is 32.3. The molecule has 3 aromatic heterocycles. The van der Waals surface area contributed by atoms with Gasteiger partial charge in [0, 0.05) is 43.9 Å². The number of hydrogen-bond donors (Lipinski definition) is 0. The fourth-order valence-corrected chi connectivity index (χ4v) is 8.94. The minimum atomic E-state index is 0.583. The molecule has 0 unspecified atom stereocenters. The number of rotatable bonds is 6. The summed E-state index contributed by atoms with van der Waals surface area (Å²) in [7, 11) is 0. The van der Waals surface area contributed by atoms with Crippen LogP contribution in [-0.4, -0.2) is 19.5 Å². The summed E-state index contributed by atoms with van der Waals surface area (Å²) < 4.78 is 8.64. The van der Waals surface area contributed by atoms with E-state index in [0.717, 1.165) is 60.9 Å². The van der Waals surface area contributed by atoms with Crippen LogP contribution in [0.25, 0.3) is 117 Å². The molecule has 0 aliphatic heterocycles. The smallest absolute Gasteiger partial charge is 0.164 e. The maximum atomic E-state index is 6.32. The van der Waals surface area contributed by atoms with Crippen molar-refractivity contribution in [1.82, 2.24) is 19.5 Å². The van der Waals surface area contributed by atoms with Gasteiger partial charge in [0.1, 0.15) is 11.2 Å². The fourth-order valence-electron chi connectivity index (χ4n) is 8.94. The lowest BCUT2D eigenvalue weighted by molar-refractivity contribution is 0.669. The molecule has 0 saturated carbocycles. The van der Waals surface area contributed by atoms with Gasteiger partial charge in [0.2, 0.25) is 0 Å². The van der Waals surface area contributed by atoms with E-state index in [2.05, 4.69) is 180 Å². The summed E-state index contributed by atoms with van der Waals surface area (Å²) in [5.41, 5.74) is 12.3. The Morgan fingerprint density at radius 2 is 0.850 bits per heavy atom. The highest BCUT2D eigenvalue weighted by atomic mass is 16.3. The van der Waals surface area contributed by atoms with Gasteiger partial charge in [-0.15, -0.1) is 0 Å². The Labute approximate surface area is 345 Å². The molecule has 0 amide bonds. The van der Waals surface area contributed by atoms with E-state index in [9.17, 15) is 0 Å². The van der Waals surface area contributed by atoms with Gasteiger partial charge < -0.3 is 8.98 Å². The molecule has 5 heteroatoms. The molecule has 0 bridgehead atoms. The number of hydrogen-bond acceptors (Lipinski definition) is 4. The third kappa shape index (κ3) is 5.52. The molecular weight excluding hydrogens is 733 g/mol. The Morgan fingerprint density at radius 1 is 0.333 bits per heavy atom. The normalized spacial score (nSPS) is 11.7. The van der Waals surface area contributed by atoms with Gasteiger partial charge in [0.15, 0.2) is 17.5 Å². The zero-order valence-corrected chi connectivity index (χ0v) is 32.3. The van der Waals surface area contributed by atoms with Crippen molar-refractivity contribution < 1.29 is 4.42 Å². The Bertz CT molecular complexity index is 3540. The van der Waals surface area contributed by atoms with Crippen LogP contribution in [0, 0.1) is 0 Å². The molecule has 0 spiro atoms. The van der Waals surface area contributed by atoms with Crippen LogP contribution in [0.4, 0.5) is 0 Å². The van der Waals surface area contributed by atoms with Crippen LogP contribution in [0.1, 0.15) is 0 Å². The largest absolute Gasteiger partial charge is 0.456 e. The van der Waals surface area contributed by atoms with Crippen molar-refractivity contribution in [3.05, 3.63) is 206 Å². The Kier molecular flexibility index (Phi) is 7.78. The summed E-state index contributed by atoms with van der Waals surface area (Å²) >= 11 is 0. The van der Waals surface area contributed by atoms with Crippen LogP contribution in [-0.2, 0) is 0 Å². The first-order valence-electron chi connectivity index (χ1n) is 20.2. The van der Waals surface area contributed by atoms with Crippen LogP contribution in [0.5, 0.6) is 0 Å². The molecule has 9 aromatic carbocycles. The highest BCUT2D eigenvalue weighted by Gasteiger charge is 2.19. The minimum absolute atomic E-state index is 0.583. The molecule has 0 atom stereocenters. The van der Waals surface area contributed by atoms with E-state index in [1.54, 1.807) is 0 Å². The molecule has 60 heavy (non-hydrogen) atoms. The second kappa shape index (κ2) is 13.8. The van der Waals surface area contributed by atoms with Gasteiger partial charge in [-0.05, 0) is 69.4 Å². The molecule has 12 rings (SSSR count). The minimum Gasteiger partial charge on any atom is -0.456 e. The Morgan fingerprint density at radius 3 is 1.58 bits per heavy atom. The first-order chi connectivity index (χ1) is 29.7. The molecule has 0 radical (unpaired) electrons. The molecule has 0 aliphatic carbocycles. The SMILES string of the molecule is c1ccc(-c2cccc3cccc(-c4ccc(-c5nc(-c6cccc(-n7c8ccccc8c8ccccc87)c6)nc(-c6cccc7oc8ccccc8c67)n5)cc4)c23)cc1. The third-order valence-corrected chi connectivity index (χ3v) is 11.7. The number of para-hydroxylation sites is 3. The molecule has 0 N–H and O–H groups in total. The summed E-state index contributed by atoms with van der Waals surface area (Å²) in [6.07, 6.45) is 0. The van der Waals surface area contributed by atoms with Gasteiger partial charge in [-0.3, -0.25) is 0 Å². The lowest BCUT2D eigenvalue weighted by atomic mass is 9.91. The van der Waals surface area contributed by atoms with E-state index >= 15 is 0 Å². The van der Waals surface area contributed by atoms with Gasteiger partial charge >= 0.3 is 0 Å². The standard InChI is InChI=1S/C55H34N4O/c1-2-14-35(15-3-1)41-23-11-16-37-17-12-24-42(51(37)41)36-30-32-38(33-31-36)53-56-54(58-55(57-53)46-25-13-29-50-52(46)45-22-6-9-28-49(45)60-50)39-18-10-19-40(34-39)59-47-26-7-4-20-43(47)44-21-5-8-27-48(44)59/h1-34H. The Balaban J connectivity index is 1.03. The maximum Gasteiger partial charge on any atom is 0.164 e. The second-order valence-corrected chi connectivity index (χ2v) is 15.2. The predicted molar refractivity (Wildman–Crippen MR) is 246 cm³/mol. The van der Waals surface area contributed by atoms with Gasteiger partial charge in [-0.25, -0.2) is 15.0 Å². The molecule has 0 fully saturated rings. The maximum absolute atomic E-state index is 6.32. The lowest BCUT2D eigenvalue weighted by Gasteiger charge is -2.14. The number of aromatic nitrogens is 4. The van der Waals surface area contributed by atoms with Gasteiger partial charge in [-0.2, -0.15) is 0 Å². The monoisotopic (exact) mass is 766 g/mol. The highest BCUT2D eigenvalue weighted by Crippen LogP contribution is 2.40. The molecule has 5 nitrogen and oxygen atoms in total. The summed E-state index contributed by atoms with van der Waals surface area (Å²) in [5, 5.41) is 6.87. The number of benzene rings is 9. The van der Waals surface area contributed by atoms with E-state index in [0.29, 0.717) is 17.5 Å². The third-order valence-electron chi connectivity index (χ3n) is 11.7. The van der Waals surface area contributed by atoms with Crippen LogP contribution >= 0.6 is 0 Å². The van der Waals surface area contributed by atoms with E-state index in [-0.39, 0.29) is 0 Å². The van der Waals surface area contributed by atoms with Crippen molar-refractivity contribution in [1.29, 1.82) is 0 Å². The zero-order chi connectivity index (χ0) is 39.6. The molecule has 3 heterocycles. The molecule has 12 aromatic rings. The van der Waals surface area contributed by atoms with Crippen LogP contribution in [0.2, 0.25) is 0 Å². The summed E-state index contributed by atoms with van der Waals surface area (Å²) in [5.74, 6) is 1.77. The average molecular weight is 767 g/mol. The first-order valence-corrected chi connectivity index (χ1v) is 20.2. The van der Waals surface area contributed by atoms with Crippen molar-refractivity contribution in [2.24, 2.45) is 0 Å². The van der Waals surface area contributed by atoms with Crippen LogP contribution < -0.4 is 0 Å². The van der Waals surface area contributed by atoms with Crippen molar-refractivity contribution in [3.8, 4) is 62.1 Å². The van der Waals surface area contributed by atoms with Gasteiger partial charge in [0.05, 0.1) is 11.0 Å². The summed E-state index contributed by atoms with van der Waals surface area (Å²) in [4.78, 5) is 15.7. The number of nitrogens with zero attached hydrogens (tertiary/aromatic N) is 4.